The van der Waals surface area contributed by atoms with Crippen molar-refractivity contribution >= 4 is 11.3 Å². The van der Waals surface area contributed by atoms with E-state index < -0.39 is 5.54 Å². The van der Waals surface area contributed by atoms with Crippen LogP contribution in [0.15, 0.2) is 17.5 Å². The molecule has 1 heterocycles. The van der Waals surface area contributed by atoms with Gasteiger partial charge in [-0.05, 0) is 18.4 Å². The van der Waals surface area contributed by atoms with Crippen molar-refractivity contribution in [2.75, 3.05) is 6.61 Å². The highest BCUT2D eigenvalue weighted by atomic mass is 32.1. The zero-order valence-electron chi connectivity index (χ0n) is 5.87. The van der Waals surface area contributed by atoms with E-state index >= 15 is 0 Å². The minimum atomic E-state index is -0.561. The molecule has 0 aliphatic heterocycles. The summed E-state index contributed by atoms with van der Waals surface area (Å²) in [6, 6.07) is 3.86. The summed E-state index contributed by atoms with van der Waals surface area (Å²) in [6.45, 7) is 1.81. The van der Waals surface area contributed by atoms with Gasteiger partial charge in [0.2, 0.25) is 0 Å². The minimum absolute atomic E-state index is 0.00644. The molecule has 0 saturated heterocycles. The van der Waals surface area contributed by atoms with E-state index in [2.05, 4.69) is 0 Å². The first-order valence-electron chi connectivity index (χ1n) is 3.10. The van der Waals surface area contributed by atoms with Crippen LogP contribution >= 0.6 is 11.3 Å². The van der Waals surface area contributed by atoms with Crippen molar-refractivity contribution in [2.45, 2.75) is 12.5 Å². The molecule has 0 radical (unpaired) electrons. The van der Waals surface area contributed by atoms with Crippen molar-refractivity contribution in [1.29, 1.82) is 0 Å². The summed E-state index contributed by atoms with van der Waals surface area (Å²) in [7, 11) is 0. The Morgan fingerprint density at radius 1 is 1.80 bits per heavy atom. The summed E-state index contributed by atoms with van der Waals surface area (Å²) >= 11 is 1.57. The average molecular weight is 157 g/mol. The van der Waals surface area contributed by atoms with Crippen LogP contribution in [0.5, 0.6) is 0 Å². The second kappa shape index (κ2) is 2.70. The first-order chi connectivity index (χ1) is 4.67. The Morgan fingerprint density at radius 2 is 2.50 bits per heavy atom. The van der Waals surface area contributed by atoms with E-state index in [1.807, 2.05) is 24.4 Å². The van der Waals surface area contributed by atoms with E-state index in [0.29, 0.717) is 0 Å². The molecule has 56 valence electrons. The van der Waals surface area contributed by atoms with Crippen molar-refractivity contribution in [3.8, 4) is 0 Å². The van der Waals surface area contributed by atoms with E-state index in [4.69, 9.17) is 10.8 Å². The Kier molecular flexibility index (Phi) is 2.08. The third kappa shape index (κ3) is 1.37. The van der Waals surface area contributed by atoms with Gasteiger partial charge in [0.15, 0.2) is 0 Å². The molecular formula is C7H11NOS. The lowest BCUT2D eigenvalue weighted by Gasteiger charge is -2.19. The highest BCUT2D eigenvalue weighted by Gasteiger charge is 2.20. The van der Waals surface area contributed by atoms with Gasteiger partial charge in [-0.25, -0.2) is 0 Å². The van der Waals surface area contributed by atoms with Crippen LogP contribution in [-0.4, -0.2) is 11.7 Å². The number of nitrogens with two attached hydrogens (primary N) is 1. The number of thiophene rings is 1. The van der Waals surface area contributed by atoms with E-state index in [1.54, 1.807) is 11.3 Å². The molecule has 1 aromatic heterocycles. The van der Waals surface area contributed by atoms with E-state index in [9.17, 15) is 0 Å². The third-order valence-electron chi connectivity index (χ3n) is 1.41. The molecule has 10 heavy (non-hydrogen) atoms. The van der Waals surface area contributed by atoms with Gasteiger partial charge in [-0.1, -0.05) is 6.07 Å². The van der Waals surface area contributed by atoms with E-state index in [-0.39, 0.29) is 6.61 Å². The molecule has 1 aromatic rings. The molecule has 3 heteroatoms. The highest BCUT2D eigenvalue weighted by Crippen LogP contribution is 2.21. The van der Waals surface area contributed by atoms with Crippen LogP contribution in [0.4, 0.5) is 0 Å². The minimum Gasteiger partial charge on any atom is -0.394 e. The van der Waals surface area contributed by atoms with Crippen LogP contribution in [0.25, 0.3) is 0 Å². The van der Waals surface area contributed by atoms with Crippen LogP contribution in [0.3, 0.4) is 0 Å². The number of aliphatic hydroxyl groups excluding tert-OH is 1. The summed E-state index contributed by atoms with van der Waals surface area (Å²) < 4.78 is 0. The Labute approximate surface area is 64.3 Å². The molecule has 0 aromatic carbocycles. The summed E-state index contributed by atoms with van der Waals surface area (Å²) in [5, 5.41) is 10.8. The Bertz CT molecular complexity index is 193. The largest absolute Gasteiger partial charge is 0.394 e. The average Bonchev–Trinajstić information content (AvgIpc) is 2.38. The topological polar surface area (TPSA) is 46.2 Å². The third-order valence-corrected chi connectivity index (χ3v) is 2.56. The summed E-state index contributed by atoms with van der Waals surface area (Å²) in [6.07, 6.45) is 0. The Hall–Kier alpha value is -0.380. The second-order valence-electron chi connectivity index (χ2n) is 2.55. The van der Waals surface area contributed by atoms with Crippen molar-refractivity contribution in [1.82, 2.24) is 0 Å². The predicted molar refractivity (Wildman–Crippen MR) is 42.9 cm³/mol. The van der Waals surface area contributed by atoms with Gasteiger partial charge in [0.25, 0.3) is 0 Å². The van der Waals surface area contributed by atoms with Gasteiger partial charge < -0.3 is 10.8 Å². The van der Waals surface area contributed by atoms with Crippen LogP contribution in [0, 0.1) is 0 Å². The van der Waals surface area contributed by atoms with Crippen LogP contribution < -0.4 is 5.73 Å². The van der Waals surface area contributed by atoms with Crippen LogP contribution in [0.2, 0.25) is 0 Å². The molecule has 1 atom stereocenters. The molecule has 0 fully saturated rings. The first kappa shape index (κ1) is 7.72. The van der Waals surface area contributed by atoms with Crippen LogP contribution in [0.1, 0.15) is 11.8 Å². The maximum atomic E-state index is 8.85. The second-order valence-corrected chi connectivity index (χ2v) is 3.50. The Morgan fingerprint density at radius 3 is 2.90 bits per heavy atom. The summed E-state index contributed by atoms with van der Waals surface area (Å²) in [4.78, 5) is 1.02. The molecular weight excluding hydrogens is 146 g/mol. The van der Waals surface area contributed by atoms with Gasteiger partial charge >= 0.3 is 0 Å². The molecule has 2 nitrogen and oxygen atoms in total. The van der Waals surface area contributed by atoms with E-state index in [1.165, 1.54) is 0 Å². The molecule has 3 N–H and O–H groups in total. The quantitative estimate of drug-likeness (QED) is 0.670. The summed E-state index contributed by atoms with van der Waals surface area (Å²) in [5.74, 6) is 0. The lowest BCUT2D eigenvalue weighted by Crippen LogP contribution is -2.35. The van der Waals surface area contributed by atoms with Crippen molar-refractivity contribution in [2.24, 2.45) is 5.73 Å². The molecule has 0 unspecified atom stereocenters. The highest BCUT2D eigenvalue weighted by molar-refractivity contribution is 7.10. The molecule has 0 bridgehead atoms. The zero-order chi connectivity index (χ0) is 7.61. The Balaban J connectivity index is 2.85. The van der Waals surface area contributed by atoms with Crippen molar-refractivity contribution in [3.05, 3.63) is 22.4 Å². The number of hydrogen-bond acceptors (Lipinski definition) is 3. The normalized spacial score (nSPS) is 16.7. The number of aliphatic hydroxyl groups is 1. The predicted octanol–water partition coefficient (Wildman–Crippen LogP) is 0.914. The lowest BCUT2D eigenvalue weighted by molar-refractivity contribution is 0.212. The fraction of sp³-hybridized carbons (Fsp3) is 0.429. The molecule has 0 spiro atoms. The zero-order valence-corrected chi connectivity index (χ0v) is 6.69. The fourth-order valence-electron chi connectivity index (χ4n) is 0.681. The van der Waals surface area contributed by atoms with Gasteiger partial charge in [-0.2, -0.15) is 0 Å². The van der Waals surface area contributed by atoms with Gasteiger partial charge in [0.1, 0.15) is 0 Å². The maximum Gasteiger partial charge on any atom is 0.0709 e. The molecule has 0 aliphatic rings. The summed E-state index contributed by atoms with van der Waals surface area (Å²) in [5.41, 5.74) is 5.18. The fourth-order valence-corrected chi connectivity index (χ4v) is 1.48. The standard InChI is InChI=1S/C7H11NOS/c1-7(8,5-9)6-3-2-4-10-6/h2-4,9H,5,8H2,1H3/t7-/m0/s1. The monoisotopic (exact) mass is 157 g/mol. The SMILES string of the molecule is C[C@](N)(CO)c1cccs1. The van der Waals surface area contributed by atoms with Crippen LogP contribution in [-0.2, 0) is 5.54 Å². The van der Waals surface area contributed by atoms with Crippen molar-refractivity contribution < 1.29 is 5.11 Å². The maximum absolute atomic E-state index is 8.85. The molecule has 0 amide bonds. The van der Waals surface area contributed by atoms with Gasteiger partial charge in [0, 0.05) is 4.88 Å². The smallest absolute Gasteiger partial charge is 0.0709 e. The van der Waals surface area contributed by atoms with Gasteiger partial charge in [-0.3, -0.25) is 0 Å². The first-order valence-corrected chi connectivity index (χ1v) is 3.98. The van der Waals surface area contributed by atoms with Crippen molar-refractivity contribution in [3.63, 3.8) is 0 Å². The molecule has 0 aliphatic carbocycles. The molecule has 0 saturated carbocycles. The lowest BCUT2D eigenvalue weighted by atomic mass is 10.0. The van der Waals surface area contributed by atoms with Gasteiger partial charge in [-0.15, -0.1) is 11.3 Å². The number of rotatable bonds is 2. The molecule has 1 rings (SSSR count). The van der Waals surface area contributed by atoms with E-state index in [0.717, 1.165) is 4.88 Å². The number of hydrogen-bond donors (Lipinski definition) is 2. The van der Waals surface area contributed by atoms with Gasteiger partial charge in [0.05, 0.1) is 12.1 Å².